The summed E-state index contributed by atoms with van der Waals surface area (Å²) in [6.45, 7) is 1.63. The summed E-state index contributed by atoms with van der Waals surface area (Å²) in [5.74, 6) is 0.0338. The van der Waals surface area contributed by atoms with E-state index in [1.165, 1.54) is 11.1 Å². The van der Waals surface area contributed by atoms with Crippen LogP contribution >= 0.6 is 0 Å². The second-order valence-corrected chi connectivity index (χ2v) is 4.48. The van der Waals surface area contributed by atoms with Crippen LogP contribution < -0.4 is 10.6 Å². The quantitative estimate of drug-likeness (QED) is 0.370. The first-order chi connectivity index (χ1) is 9.29. The van der Waals surface area contributed by atoms with Crippen LogP contribution in [0.5, 0.6) is 0 Å². The maximum Gasteiger partial charge on any atom is 0.190 e. The Morgan fingerprint density at radius 3 is 2.47 bits per heavy atom. The van der Waals surface area contributed by atoms with Crippen molar-refractivity contribution in [3.05, 3.63) is 59.4 Å². The molecule has 1 aromatic carbocycles. The Labute approximate surface area is 111 Å². The molecule has 0 fully saturated rings. The van der Waals surface area contributed by atoms with Gasteiger partial charge in [0.1, 0.15) is 5.69 Å². The van der Waals surface area contributed by atoms with Gasteiger partial charge in [-0.25, -0.2) is 0 Å². The van der Waals surface area contributed by atoms with Gasteiger partial charge in [-0.15, -0.1) is 0 Å². The molecule has 0 spiro atoms. The number of nitrogens with two attached hydrogens (primary N) is 1. The van der Waals surface area contributed by atoms with Gasteiger partial charge in [-0.2, -0.15) is 0 Å². The number of hydrogen-bond acceptors (Lipinski definition) is 4. The lowest BCUT2D eigenvalue weighted by molar-refractivity contribution is 0.318. The third kappa shape index (κ3) is 1.99. The fourth-order valence-electron chi connectivity index (χ4n) is 2.40. The fraction of sp³-hybridized carbons (Fsp3) is 0.143. The average molecular weight is 254 g/mol. The zero-order chi connectivity index (χ0) is 13.2. The molecule has 3 rings (SSSR count). The molecule has 1 aliphatic heterocycles. The van der Waals surface area contributed by atoms with Crippen LogP contribution in [0.4, 0.5) is 5.69 Å². The predicted molar refractivity (Wildman–Crippen MR) is 73.1 cm³/mol. The van der Waals surface area contributed by atoms with Gasteiger partial charge in [0.2, 0.25) is 0 Å². The number of amidine groups is 1. The summed E-state index contributed by atoms with van der Waals surface area (Å²) >= 11 is 0. The van der Waals surface area contributed by atoms with Crippen LogP contribution in [0, 0.1) is 0 Å². The number of hydrogen-bond donors (Lipinski definition) is 2. The van der Waals surface area contributed by atoms with E-state index in [1.807, 2.05) is 24.3 Å². The van der Waals surface area contributed by atoms with Gasteiger partial charge in [0, 0.05) is 19.3 Å². The van der Waals surface area contributed by atoms with Gasteiger partial charge in [-0.3, -0.25) is 4.98 Å². The van der Waals surface area contributed by atoms with Crippen molar-refractivity contribution >= 4 is 11.5 Å². The molecule has 0 saturated heterocycles. The first-order valence-electron chi connectivity index (χ1n) is 6.04. The number of rotatable bonds is 2. The molecule has 0 bridgehead atoms. The van der Waals surface area contributed by atoms with Crippen LogP contribution in [0.2, 0.25) is 0 Å². The third-order valence-electron chi connectivity index (χ3n) is 3.32. The molecular weight excluding hydrogens is 240 g/mol. The van der Waals surface area contributed by atoms with E-state index in [4.69, 9.17) is 10.9 Å². The molecule has 3 N–H and O–H groups in total. The Morgan fingerprint density at radius 2 is 1.84 bits per heavy atom. The Balaban J connectivity index is 1.98. The second-order valence-electron chi connectivity index (χ2n) is 4.48. The molecule has 0 amide bonds. The van der Waals surface area contributed by atoms with Crippen molar-refractivity contribution in [3.63, 3.8) is 0 Å². The standard InChI is InChI=1S/C14H14N4O/c15-14(17-19)13-12(6-3-7-16-13)18-8-10-4-1-2-5-11(10)9-18/h1-7,19H,8-9H2,(H2,15,17). The van der Waals surface area contributed by atoms with E-state index >= 15 is 0 Å². The van der Waals surface area contributed by atoms with Crippen molar-refractivity contribution in [1.82, 2.24) is 4.98 Å². The molecule has 5 heteroatoms. The average Bonchev–Trinajstić information content (AvgIpc) is 2.90. The molecule has 0 saturated carbocycles. The Kier molecular flexibility index (Phi) is 2.79. The maximum atomic E-state index is 8.83. The number of nitrogens with zero attached hydrogens (tertiary/aromatic N) is 3. The highest BCUT2D eigenvalue weighted by Crippen LogP contribution is 2.29. The number of aromatic nitrogens is 1. The lowest BCUT2D eigenvalue weighted by Crippen LogP contribution is -2.23. The monoisotopic (exact) mass is 254 g/mol. The normalized spacial score (nSPS) is 14.5. The van der Waals surface area contributed by atoms with E-state index in [0.29, 0.717) is 5.69 Å². The van der Waals surface area contributed by atoms with E-state index < -0.39 is 0 Å². The molecule has 0 atom stereocenters. The molecule has 0 radical (unpaired) electrons. The molecule has 0 aliphatic carbocycles. The zero-order valence-corrected chi connectivity index (χ0v) is 10.3. The summed E-state index contributed by atoms with van der Waals surface area (Å²) in [5, 5.41) is 11.9. The van der Waals surface area contributed by atoms with Crippen LogP contribution in [0.15, 0.2) is 47.8 Å². The van der Waals surface area contributed by atoms with Crippen LogP contribution in [-0.4, -0.2) is 16.0 Å². The highest BCUT2D eigenvalue weighted by molar-refractivity contribution is 6.00. The number of fused-ring (bicyclic) bond motifs is 1. The van der Waals surface area contributed by atoms with Gasteiger partial charge in [-0.05, 0) is 23.3 Å². The summed E-state index contributed by atoms with van der Waals surface area (Å²) in [4.78, 5) is 6.37. The van der Waals surface area contributed by atoms with E-state index in [-0.39, 0.29) is 5.84 Å². The predicted octanol–water partition coefficient (Wildman–Crippen LogP) is 1.70. The van der Waals surface area contributed by atoms with E-state index in [1.54, 1.807) is 6.20 Å². The van der Waals surface area contributed by atoms with Crippen molar-refractivity contribution in [1.29, 1.82) is 0 Å². The Morgan fingerprint density at radius 1 is 1.16 bits per heavy atom. The minimum absolute atomic E-state index is 0.0338. The fourth-order valence-corrected chi connectivity index (χ4v) is 2.40. The van der Waals surface area contributed by atoms with Crippen LogP contribution in [0.25, 0.3) is 0 Å². The molecular formula is C14H14N4O. The van der Waals surface area contributed by atoms with Gasteiger partial charge in [0.25, 0.3) is 0 Å². The van der Waals surface area contributed by atoms with Gasteiger partial charge < -0.3 is 15.8 Å². The largest absolute Gasteiger partial charge is 0.409 e. The van der Waals surface area contributed by atoms with Gasteiger partial charge in [0.05, 0.1) is 5.69 Å². The lowest BCUT2D eigenvalue weighted by atomic mass is 10.1. The summed E-state index contributed by atoms with van der Waals surface area (Å²) in [5.41, 5.74) is 9.68. The number of anilines is 1. The first-order valence-corrected chi connectivity index (χ1v) is 6.04. The minimum atomic E-state index is 0.0338. The number of benzene rings is 1. The Bertz CT molecular complexity index is 614. The molecule has 1 aliphatic rings. The highest BCUT2D eigenvalue weighted by atomic mass is 16.4. The summed E-state index contributed by atoms with van der Waals surface area (Å²) in [7, 11) is 0. The van der Waals surface area contributed by atoms with Crippen LogP contribution in [0.3, 0.4) is 0 Å². The number of pyridine rings is 1. The van der Waals surface area contributed by atoms with Crippen molar-refractivity contribution in [2.24, 2.45) is 10.9 Å². The summed E-state index contributed by atoms with van der Waals surface area (Å²) in [6, 6.07) is 12.1. The van der Waals surface area contributed by atoms with E-state index in [2.05, 4.69) is 27.2 Å². The van der Waals surface area contributed by atoms with Gasteiger partial charge in [0.15, 0.2) is 5.84 Å². The number of oxime groups is 1. The highest BCUT2D eigenvalue weighted by Gasteiger charge is 2.22. The Hall–Kier alpha value is -2.56. The molecule has 0 unspecified atom stereocenters. The minimum Gasteiger partial charge on any atom is -0.409 e. The molecule has 1 aromatic heterocycles. The van der Waals surface area contributed by atoms with Crippen molar-refractivity contribution in [3.8, 4) is 0 Å². The zero-order valence-electron chi connectivity index (χ0n) is 10.3. The molecule has 19 heavy (non-hydrogen) atoms. The summed E-state index contributed by atoms with van der Waals surface area (Å²) < 4.78 is 0. The first kappa shape index (κ1) is 11.5. The van der Waals surface area contributed by atoms with Gasteiger partial charge in [-0.1, -0.05) is 29.4 Å². The van der Waals surface area contributed by atoms with Crippen LogP contribution in [0.1, 0.15) is 16.8 Å². The lowest BCUT2D eigenvalue weighted by Gasteiger charge is -2.19. The van der Waals surface area contributed by atoms with Gasteiger partial charge >= 0.3 is 0 Å². The summed E-state index contributed by atoms with van der Waals surface area (Å²) in [6.07, 6.45) is 1.64. The SMILES string of the molecule is N/C(=N/O)c1ncccc1N1Cc2ccccc2C1. The molecule has 2 aromatic rings. The second kappa shape index (κ2) is 4.61. The van der Waals surface area contributed by atoms with Crippen molar-refractivity contribution < 1.29 is 5.21 Å². The van der Waals surface area contributed by atoms with E-state index in [0.717, 1.165) is 18.8 Å². The molecule has 2 heterocycles. The molecule has 96 valence electrons. The maximum absolute atomic E-state index is 8.83. The topological polar surface area (TPSA) is 74.7 Å². The molecule has 5 nitrogen and oxygen atoms in total. The van der Waals surface area contributed by atoms with Crippen LogP contribution in [-0.2, 0) is 13.1 Å². The van der Waals surface area contributed by atoms with Crippen molar-refractivity contribution in [2.75, 3.05) is 4.90 Å². The van der Waals surface area contributed by atoms with E-state index in [9.17, 15) is 0 Å². The smallest absolute Gasteiger partial charge is 0.190 e. The third-order valence-corrected chi connectivity index (χ3v) is 3.32. The van der Waals surface area contributed by atoms with Crippen molar-refractivity contribution in [2.45, 2.75) is 13.1 Å².